The summed E-state index contributed by atoms with van der Waals surface area (Å²) in [6.07, 6.45) is 5.51. The topological polar surface area (TPSA) is 52.0 Å². The van der Waals surface area contributed by atoms with Crippen LogP contribution >= 0.6 is 0 Å². The molecule has 1 atom stereocenters. The minimum absolute atomic E-state index is 0.516. The maximum Gasteiger partial charge on any atom is 0.146 e. The van der Waals surface area contributed by atoms with Gasteiger partial charge in [-0.15, -0.1) is 0 Å². The molecule has 2 heterocycles. The molecule has 1 fully saturated rings. The maximum absolute atomic E-state index is 9.04. The highest BCUT2D eigenvalue weighted by atomic mass is 15.2. The molecule has 1 aliphatic heterocycles. The number of anilines is 1. The first-order valence-electron chi connectivity index (χ1n) is 6.11. The molecule has 1 aromatic heterocycles. The van der Waals surface area contributed by atoms with Gasteiger partial charge in [-0.2, -0.15) is 5.26 Å². The molecular weight excluding hydrogens is 212 g/mol. The first-order chi connectivity index (χ1) is 8.31. The summed E-state index contributed by atoms with van der Waals surface area (Å²) < 4.78 is 0. The first kappa shape index (κ1) is 11.9. The van der Waals surface area contributed by atoms with E-state index >= 15 is 0 Å². The van der Waals surface area contributed by atoms with Crippen LogP contribution in [0.5, 0.6) is 0 Å². The van der Waals surface area contributed by atoms with Gasteiger partial charge in [-0.3, -0.25) is 0 Å². The molecule has 0 bridgehead atoms. The number of nitrogens with one attached hydrogen (secondary N) is 1. The van der Waals surface area contributed by atoms with Crippen molar-refractivity contribution < 1.29 is 0 Å². The van der Waals surface area contributed by atoms with E-state index in [0.717, 1.165) is 18.9 Å². The average Bonchev–Trinajstić information content (AvgIpc) is 2.40. The largest absolute Gasteiger partial charge is 0.357 e. The highest BCUT2D eigenvalue weighted by Crippen LogP contribution is 2.16. The predicted octanol–water partition coefficient (Wildman–Crippen LogP) is 1.53. The Labute approximate surface area is 102 Å². The molecule has 1 aliphatic rings. The van der Waals surface area contributed by atoms with E-state index in [1.807, 2.05) is 13.1 Å². The fourth-order valence-corrected chi connectivity index (χ4v) is 2.29. The lowest BCUT2D eigenvalue weighted by Gasteiger charge is -2.29. The Kier molecular flexibility index (Phi) is 3.94. The molecule has 0 aromatic carbocycles. The van der Waals surface area contributed by atoms with Crippen LogP contribution < -0.4 is 10.2 Å². The van der Waals surface area contributed by atoms with Crippen LogP contribution in [0.15, 0.2) is 18.3 Å². The van der Waals surface area contributed by atoms with Gasteiger partial charge in [-0.25, -0.2) is 4.98 Å². The van der Waals surface area contributed by atoms with Gasteiger partial charge in [-0.05, 0) is 31.5 Å². The van der Waals surface area contributed by atoms with Crippen molar-refractivity contribution >= 4 is 5.82 Å². The average molecular weight is 230 g/mol. The van der Waals surface area contributed by atoms with Crippen molar-refractivity contribution in [2.45, 2.75) is 25.3 Å². The molecule has 17 heavy (non-hydrogen) atoms. The third-order valence-corrected chi connectivity index (χ3v) is 3.18. The fraction of sp³-hybridized carbons (Fsp3) is 0.538. The molecule has 1 aromatic rings. The van der Waals surface area contributed by atoms with Crippen molar-refractivity contribution in [2.75, 3.05) is 25.0 Å². The van der Waals surface area contributed by atoms with Crippen LogP contribution in [0.1, 0.15) is 24.8 Å². The second-order valence-electron chi connectivity index (χ2n) is 4.51. The van der Waals surface area contributed by atoms with Crippen molar-refractivity contribution in [3.63, 3.8) is 0 Å². The van der Waals surface area contributed by atoms with E-state index in [1.54, 1.807) is 12.3 Å². The Morgan fingerprint density at radius 1 is 1.59 bits per heavy atom. The van der Waals surface area contributed by atoms with Crippen LogP contribution in [-0.2, 0) is 0 Å². The summed E-state index contributed by atoms with van der Waals surface area (Å²) in [5.74, 6) is 0.780. The molecule has 2 rings (SSSR count). The summed E-state index contributed by atoms with van der Waals surface area (Å²) in [5.41, 5.74) is 0.644. The number of pyridine rings is 1. The zero-order valence-corrected chi connectivity index (χ0v) is 10.2. The second-order valence-corrected chi connectivity index (χ2v) is 4.51. The molecule has 1 saturated heterocycles. The number of aromatic nitrogens is 1. The number of rotatable bonds is 3. The van der Waals surface area contributed by atoms with Crippen molar-refractivity contribution in [2.24, 2.45) is 0 Å². The monoisotopic (exact) mass is 230 g/mol. The van der Waals surface area contributed by atoms with E-state index in [4.69, 9.17) is 5.26 Å². The van der Waals surface area contributed by atoms with Gasteiger partial charge in [0.15, 0.2) is 0 Å². The second kappa shape index (κ2) is 5.65. The van der Waals surface area contributed by atoms with Gasteiger partial charge in [-0.1, -0.05) is 6.42 Å². The van der Waals surface area contributed by atoms with Gasteiger partial charge < -0.3 is 10.2 Å². The van der Waals surface area contributed by atoms with Crippen molar-refractivity contribution in [1.82, 2.24) is 10.3 Å². The van der Waals surface area contributed by atoms with Gasteiger partial charge in [0.05, 0.1) is 5.56 Å². The number of hydrogen-bond donors (Lipinski definition) is 1. The zero-order chi connectivity index (χ0) is 12.1. The minimum atomic E-state index is 0.516. The molecule has 0 amide bonds. The van der Waals surface area contributed by atoms with Gasteiger partial charge in [0.25, 0.3) is 0 Å². The fourth-order valence-electron chi connectivity index (χ4n) is 2.29. The van der Waals surface area contributed by atoms with Crippen LogP contribution in [0.3, 0.4) is 0 Å². The molecule has 4 heteroatoms. The smallest absolute Gasteiger partial charge is 0.146 e. The van der Waals surface area contributed by atoms with E-state index in [0.29, 0.717) is 11.6 Å². The SMILES string of the molecule is CN(C[C@@H]1CCCCN1)c1ncccc1C#N. The Balaban J connectivity index is 2.03. The number of likely N-dealkylation sites (N-methyl/N-ethyl adjacent to an activating group) is 1. The molecular formula is C13H18N4. The lowest BCUT2D eigenvalue weighted by molar-refractivity contribution is 0.403. The van der Waals surface area contributed by atoms with Gasteiger partial charge in [0.2, 0.25) is 0 Å². The molecule has 0 saturated carbocycles. The Hall–Kier alpha value is -1.60. The van der Waals surface area contributed by atoms with Gasteiger partial charge in [0, 0.05) is 25.8 Å². The highest BCUT2D eigenvalue weighted by molar-refractivity contribution is 5.52. The third kappa shape index (κ3) is 2.95. The molecule has 0 spiro atoms. The van der Waals surface area contributed by atoms with Crippen LogP contribution in [0.2, 0.25) is 0 Å². The highest BCUT2D eigenvalue weighted by Gasteiger charge is 2.16. The van der Waals surface area contributed by atoms with Gasteiger partial charge >= 0.3 is 0 Å². The Morgan fingerprint density at radius 3 is 3.18 bits per heavy atom. The third-order valence-electron chi connectivity index (χ3n) is 3.18. The number of nitrogens with zero attached hydrogens (tertiary/aromatic N) is 3. The minimum Gasteiger partial charge on any atom is -0.357 e. The van der Waals surface area contributed by atoms with Crippen LogP contribution in [-0.4, -0.2) is 31.2 Å². The number of piperidine rings is 1. The molecule has 90 valence electrons. The quantitative estimate of drug-likeness (QED) is 0.855. The predicted molar refractivity (Wildman–Crippen MR) is 67.9 cm³/mol. The van der Waals surface area contributed by atoms with E-state index < -0.39 is 0 Å². The molecule has 0 radical (unpaired) electrons. The summed E-state index contributed by atoms with van der Waals surface area (Å²) in [7, 11) is 2.00. The zero-order valence-electron chi connectivity index (χ0n) is 10.2. The maximum atomic E-state index is 9.04. The Morgan fingerprint density at radius 2 is 2.47 bits per heavy atom. The first-order valence-corrected chi connectivity index (χ1v) is 6.11. The summed E-state index contributed by atoms with van der Waals surface area (Å²) in [4.78, 5) is 6.36. The Bertz CT molecular complexity index is 404. The van der Waals surface area contributed by atoms with Crippen LogP contribution in [0, 0.1) is 11.3 Å². The summed E-state index contributed by atoms with van der Waals surface area (Å²) in [5, 5.41) is 12.5. The number of nitriles is 1. The molecule has 0 unspecified atom stereocenters. The lowest BCUT2D eigenvalue weighted by Crippen LogP contribution is -2.42. The summed E-state index contributed by atoms with van der Waals surface area (Å²) in [6, 6.07) is 6.32. The standard InChI is InChI=1S/C13H18N4/c1-17(10-12-6-2-3-7-15-12)13-11(9-14)5-4-8-16-13/h4-5,8,12,15H,2-3,6-7,10H2,1H3/t12-/m0/s1. The molecule has 1 N–H and O–H groups in total. The normalized spacial score (nSPS) is 19.6. The summed E-state index contributed by atoms with van der Waals surface area (Å²) >= 11 is 0. The van der Waals surface area contributed by atoms with E-state index in [9.17, 15) is 0 Å². The summed E-state index contributed by atoms with van der Waals surface area (Å²) in [6.45, 7) is 2.01. The molecule has 0 aliphatic carbocycles. The van der Waals surface area contributed by atoms with E-state index in [-0.39, 0.29) is 0 Å². The van der Waals surface area contributed by atoms with E-state index in [2.05, 4.69) is 21.3 Å². The van der Waals surface area contributed by atoms with E-state index in [1.165, 1.54) is 19.3 Å². The van der Waals surface area contributed by atoms with Crippen molar-refractivity contribution in [1.29, 1.82) is 5.26 Å². The van der Waals surface area contributed by atoms with Crippen molar-refractivity contribution in [3.8, 4) is 6.07 Å². The molecule has 4 nitrogen and oxygen atoms in total. The van der Waals surface area contributed by atoms with Gasteiger partial charge in [0.1, 0.15) is 11.9 Å². The number of hydrogen-bond acceptors (Lipinski definition) is 4. The lowest BCUT2D eigenvalue weighted by atomic mass is 10.0. The van der Waals surface area contributed by atoms with Crippen LogP contribution in [0.25, 0.3) is 0 Å². The van der Waals surface area contributed by atoms with Crippen molar-refractivity contribution in [3.05, 3.63) is 23.9 Å². The van der Waals surface area contributed by atoms with Crippen LogP contribution in [0.4, 0.5) is 5.82 Å².